The third-order valence-electron chi connectivity index (χ3n) is 2.21. The highest BCUT2D eigenvalue weighted by molar-refractivity contribution is 9.09. The van der Waals surface area contributed by atoms with Crippen molar-refractivity contribution < 1.29 is 14.3 Å². The Morgan fingerprint density at radius 1 is 1.29 bits per heavy atom. The summed E-state index contributed by atoms with van der Waals surface area (Å²) in [5.41, 5.74) is 1.57. The molecule has 0 aliphatic carbocycles. The van der Waals surface area contributed by atoms with E-state index in [1.165, 1.54) is 13.2 Å². The second-order valence-corrected chi connectivity index (χ2v) is 4.47. The van der Waals surface area contributed by atoms with Crippen LogP contribution in [0.2, 0.25) is 0 Å². The number of alkyl halides is 2. The summed E-state index contributed by atoms with van der Waals surface area (Å²) in [6.07, 6.45) is 0.381. The van der Waals surface area contributed by atoms with E-state index in [9.17, 15) is 9.59 Å². The molecule has 0 N–H and O–H groups in total. The average Bonchev–Trinajstić information content (AvgIpc) is 2.37. The van der Waals surface area contributed by atoms with Gasteiger partial charge in [-0.05, 0) is 23.8 Å². The molecule has 0 amide bonds. The van der Waals surface area contributed by atoms with Gasteiger partial charge in [-0.2, -0.15) is 0 Å². The number of benzene rings is 1. The van der Waals surface area contributed by atoms with Gasteiger partial charge in [-0.1, -0.05) is 15.9 Å². The Labute approximate surface area is 113 Å². The molecule has 0 bridgehead atoms. The van der Waals surface area contributed by atoms with E-state index in [2.05, 4.69) is 20.7 Å². The fraction of sp³-hybridized carbons (Fsp3) is 0.333. The number of methoxy groups -OCH3 is 1. The third kappa shape index (κ3) is 3.82. The lowest BCUT2D eigenvalue weighted by Gasteiger charge is -2.06. The molecule has 0 radical (unpaired) electrons. The van der Waals surface area contributed by atoms with E-state index in [1.54, 1.807) is 12.1 Å². The highest BCUT2D eigenvalue weighted by Crippen LogP contribution is 2.15. The third-order valence-corrected chi connectivity index (χ3v) is 2.92. The quantitative estimate of drug-likeness (QED) is 0.475. The molecule has 1 aromatic rings. The Morgan fingerprint density at radius 3 is 2.47 bits per heavy atom. The second-order valence-electron chi connectivity index (χ2n) is 3.41. The van der Waals surface area contributed by atoms with E-state index >= 15 is 0 Å². The first kappa shape index (κ1) is 14.2. The maximum absolute atomic E-state index is 11.8. The molecule has 92 valence electrons. The lowest BCUT2D eigenvalue weighted by Crippen LogP contribution is -2.06. The molecule has 0 aliphatic rings. The monoisotopic (exact) mass is 318 g/mol. The largest absolute Gasteiger partial charge is 0.465 e. The highest BCUT2D eigenvalue weighted by atomic mass is 79.9. The number of rotatable bonds is 5. The Hall–Kier alpha value is -0.870. The summed E-state index contributed by atoms with van der Waals surface area (Å²) >= 11 is 8.93. The molecule has 1 aromatic carbocycles. The predicted octanol–water partition coefficient (Wildman–Crippen LogP) is 3.18. The number of ether oxygens (including phenoxy) is 1. The van der Waals surface area contributed by atoms with Gasteiger partial charge in [0.05, 0.1) is 12.7 Å². The normalized spacial score (nSPS) is 10.1. The molecule has 17 heavy (non-hydrogen) atoms. The Bertz CT molecular complexity index is 432. The topological polar surface area (TPSA) is 43.4 Å². The van der Waals surface area contributed by atoms with E-state index < -0.39 is 5.97 Å². The summed E-state index contributed by atoms with van der Waals surface area (Å²) in [5, 5.41) is 0.588. The predicted molar refractivity (Wildman–Crippen MR) is 70.1 cm³/mol. The van der Waals surface area contributed by atoms with Gasteiger partial charge in [0.25, 0.3) is 0 Å². The molecule has 0 atom stereocenters. The number of ketones is 1. The zero-order chi connectivity index (χ0) is 12.8. The molecular formula is C12H12BrClO3. The van der Waals surface area contributed by atoms with Gasteiger partial charge in [-0.25, -0.2) is 4.79 Å². The second kappa shape index (κ2) is 6.77. The van der Waals surface area contributed by atoms with Crippen LogP contribution in [0.5, 0.6) is 0 Å². The lowest BCUT2D eigenvalue weighted by atomic mass is 10.0. The number of hydrogen-bond donors (Lipinski definition) is 0. The van der Waals surface area contributed by atoms with E-state index in [-0.39, 0.29) is 11.7 Å². The smallest absolute Gasteiger partial charge is 0.337 e. The molecule has 0 aromatic heterocycles. The summed E-state index contributed by atoms with van der Waals surface area (Å²) in [6.45, 7) is 0. The first-order valence-corrected chi connectivity index (χ1v) is 6.65. The molecule has 0 spiro atoms. The van der Waals surface area contributed by atoms with Gasteiger partial charge in [0.1, 0.15) is 0 Å². The van der Waals surface area contributed by atoms with Gasteiger partial charge in [-0.15, -0.1) is 11.6 Å². The zero-order valence-corrected chi connectivity index (χ0v) is 11.7. The standard InChI is InChI=1S/C12H12BrClO3/c1-17-12(16)10-5-8(7-14)4-9(6-10)11(15)2-3-13/h4-6H,2-3,7H2,1H3. The van der Waals surface area contributed by atoms with Crippen LogP contribution in [-0.4, -0.2) is 24.2 Å². The Morgan fingerprint density at radius 2 is 1.94 bits per heavy atom. The van der Waals surface area contributed by atoms with Gasteiger partial charge in [0, 0.05) is 23.2 Å². The van der Waals surface area contributed by atoms with E-state index in [0.717, 1.165) is 5.56 Å². The maximum atomic E-state index is 11.8. The van der Waals surface area contributed by atoms with Crippen LogP contribution in [0.15, 0.2) is 18.2 Å². The van der Waals surface area contributed by atoms with E-state index in [1.807, 2.05) is 0 Å². The fourth-order valence-corrected chi connectivity index (χ4v) is 1.91. The minimum Gasteiger partial charge on any atom is -0.465 e. The molecule has 3 nitrogen and oxygen atoms in total. The highest BCUT2D eigenvalue weighted by Gasteiger charge is 2.12. The van der Waals surface area contributed by atoms with E-state index in [0.29, 0.717) is 22.9 Å². The van der Waals surface area contributed by atoms with Crippen LogP contribution in [0.1, 0.15) is 32.7 Å². The molecule has 5 heteroatoms. The van der Waals surface area contributed by atoms with Gasteiger partial charge in [0.15, 0.2) is 5.78 Å². The number of halogens is 2. The van der Waals surface area contributed by atoms with Crippen LogP contribution in [0.25, 0.3) is 0 Å². The molecule has 0 fully saturated rings. The van der Waals surface area contributed by atoms with Crippen molar-refractivity contribution in [2.45, 2.75) is 12.3 Å². The molecule has 0 saturated heterocycles. The Balaban J connectivity index is 3.13. The van der Waals surface area contributed by atoms with Crippen LogP contribution in [0, 0.1) is 0 Å². The number of esters is 1. The summed E-state index contributed by atoms with van der Waals surface area (Å²) in [6, 6.07) is 4.86. The van der Waals surface area contributed by atoms with Crippen molar-refractivity contribution in [3.05, 3.63) is 34.9 Å². The van der Waals surface area contributed by atoms with Gasteiger partial charge in [-0.3, -0.25) is 4.79 Å². The minimum atomic E-state index is -0.468. The van der Waals surface area contributed by atoms with Crippen LogP contribution in [0.4, 0.5) is 0 Å². The van der Waals surface area contributed by atoms with Gasteiger partial charge in [0.2, 0.25) is 0 Å². The summed E-state index contributed by atoms with van der Waals surface area (Å²) in [5.74, 6) is -0.247. The van der Waals surface area contributed by atoms with Crippen molar-refractivity contribution >= 4 is 39.3 Å². The fourth-order valence-electron chi connectivity index (χ4n) is 1.40. The molecule has 0 unspecified atom stereocenters. The van der Waals surface area contributed by atoms with Crippen LogP contribution < -0.4 is 0 Å². The first-order chi connectivity index (χ1) is 8.12. The molecule has 0 heterocycles. The van der Waals surface area contributed by atoms with Crippen molar-refractivity contribution in [2.75, 3.05) is 12.4 Å². The molecule has 0 aliphatic heterocycles. The number of carbonyl (C=O) groups is 2. The molecule has 0 saturated carbocycles. The van der Waals surface area contributed by atoms with Gasteiger partial charge >= 0.3 is 5.97 Å². The lowest BCUT2D eigenvalue weighted by molar-refractivity contribution is 0.0600. The Kier molecular flexibility index (Phi) is 5.65. The van der Waals surface area contributed by atoms with E-state index in [4.69, 9.17) is 11.6 Å². The number of hydrogen-bond acceptors (Lipinski definition) is 3. The zero-order valence-electron chi connectivity index (χ0n) is 9.33. The maximum Gasteiger partial charge on any atom is 0.337 e. The van der Waals surface area contributed by atoms with Crippen LogP contribution in [0.3, 0.4) is 0 Å². The van der Waals surface area contributed by atoms with Crippen molar-refractivity contribution in [3.8, 4) is 0 Å². The van der Waals surface area contributed by atoms with Crippen LogP contribution in [-0.2, 0) is 10.6 Å². The SMILES string of the molecule is COC(=O)c1cc(CCl)cc(C(=O)CCBr)c1. The van der Waals surface area contributed by atoms with Crippen molar-refractivity contribution in [1.29, 1.82) is 0 Å². The van der Waals surface area contributed by atoms with Gasteiger partial charge < -0.3 is 4.74 Å². The molecular weight excluding hydrogens is 307 g/mol. The molecule has 1 rings (SSSR count). The minimum absolute atomic E-state index is 0.0287. The first-order valence-electron chi connectivity index (χ1n) is 4.99. The average molecular weight is 320 g/mol. The summed E-state index contributed by atoms with van der Waals surface area (Å²) in [4.78, 5) is 23.2. The van der Waals surface area contributed by atoms with Crippen molar-refractivity contribution in [2.24, 2.45) is 0 Å². The van der Waals surface area contributed by atoms with Crippen molar-refractivity contribution in [3.63, 3.8) is 0 Å². The van der Waals surface area contributed by atoms with Crippen molar-refractivity contribution in [1.82, 2.24) is 0 Å². The number of Topliss-reactive ketones (excluding diaryl/α,β-unsaturated/α-hetero) is 1. The number of carbonyl (C=O) groups excluding carboxylic acids is 2. The van der Waals surface area contributed by atoms with Crippen LogP contribution >= 0.6 is 27.5 Å². The summed E-state index contributed by atoms with van der Waals surface area (Å²) < 4.78 is 4.63. The summed E-state index contributed by atoms with van der Waals surface area (Å²) in [7, 11) is 1.30.